The number of hydrogen-bond acceptors (Lipinski definition) is 2. The summed E-state index contributed by atoms with van der Waals surface area (Å²) < 4.78 is 1.07. The van der Waals surface area contributed by atoms with Gasteiger partial charge in [0.1, 0.15) is 0 Å². The van der Waals surface area contributed by atoms with Gasteiger partial charge in [0.25, 0.3) is 0 Å². The third-order valence-corrected chi connectivity index (χ3v) is 5.40. The van der Waals surface area contributed by atoms with Crippen molar-refractivity contribution in [1.82, 2.24) is 0 Å². The maximum absolute atomic E-state index is 6.18. The summed E-state index contributed by atoms with van der Waals surface area (Å²) in [5, 5.41) is 0.764. The maximum atomic E-state index is 6.18. The molecule has 0 N–H and O–H groups in total. The molecule has 0 aromatic heterocycles. The Morgan fingerprint density at radius 1 is 0.818 bits per heavy atom. The van der Waals surface area contributed by atoms with Gasteiger partial charge in [0.2, 0.25) is 0 Å². The number of hydrogen-bond donors (Lipinski definition) is 0. The Labute approximate surface area is 147 Å². The summed E-state index contributed by atoms with van der Waals surface area (Å²) in [6, 6.07) is 22.8. The molecule has 0 aliphatic carbocycles. The first kappa shape index (κ1) is 14.2. The molecule has 0 fully saturated rings. The highest BCUT2D eigenvalue weighted by Crippen LogP contribution is 2.52. The molecular weight excluding hydrogens is 378 g/mol. The lowest BCUT2D eigenvalue weighted by Gasteiger charge is -2.33. The van der Waals surface area contributed by atoms with Crippen molar-refractivity contribution in [2.45, 2.75) is 9.79 Å². The number of fused-ring (bicyclic) bond motifs is 2. The fraction of sp³-hybridized carbons (Fsp3) is 0. The smallest absolute Gasteiger partial charge is 0.0612 e. The van der Waals surface area contributed by atoms with Crippen LogP contribution >= 0.6 is 39.3 Å². The van der Waals surface area contributed by atoms with Gasteiger partial charge in [0, 0.05) is 25.0 Å². The topological polar surface area (TPSA) is 3.24 Å². The minimum Gasteiger partial charge on any atom is -0.308 e. The van der Waals surface area contributed by atoms with Gasteiger partial charge in [-0.05, 0) is 48.5 Å². The van der Waals surface area contributed by atoms with Crippen molar-refractivity contribution in [3.63, 3.8) is 0 Å². The van der Waals surface area contributed by atoms with E-state index < -0.39 is 0 Å². The van der Waals surface area contributed by atoms with Crippen LogP contribution in [0.5, 0.6) is 0 Å². The summed E-state index contributed by atoms with van der Waals surface area (Å²) >= 11 is 11.5. The lowest BCUT2D eigenvalue weighted by Crippen LogP contribution is -2.14. The zero-order valence-electron chi connectivity index (χ0n) is 11.5. The monoisotopic (exact) mass is 387 g/mol. The van der Waals surface area contributed by atoms with Gasteiger partial charge < -0.3 is 4.90 Å². The van der Waals surface area contributed by atoms with Crippen LogP contribution < -0.4 is 4.90 Å². The minimum absolute atomic E-state index is 0.764. The molecule has 0 amide bonds. The lowest BCUT2D eigenvalue weighted by molar-refractivity contribution is 1.16. The van der Waals surface area contributed by atoms with E-state index >= 15 is 0 Å². The summed E-state index contributed by atoms with van der Waals surface area (Å²) in [5.74, 6) is 0. The van der Waals surface area contributed by atoms with Gasteiger partial charge in [-0.1, -0.05) is 57.5 Å². The normalized spacial score (nSPS) is 12.7. The average molecular weight is 389 g/mol. The Bertz CT molecular complexity index is 851. The van der Waals surface area contributed by atoms with Gasteiger partial charge in [-0.25, -0.2) is 0 Å². The maximum Gasteiger partial charge on any atom is 0.0612 e. The molecule has 0 saturated carbocycles. The van der Waals surface area contributed by atoms with Gasteiger partial charge >= 0.3 is 0 Å². The standard InChI is InChI=1S/C18H11BrClNS/c19-12-6-9-17-16(10-12)21(14-4-2-1-3-5-14)15-8-7-13(20)11-18(15)22-17/h1-11H. The Kier molecular flexibility index (Phi) is 3.65. The Hall–Kier alpha value is -1.42. The van der Waals surface area contributed by atoms with Gasteiger partial charge in [-0.15, -0.1) is 0 Å². The first-order valence-electron chi connectivity index (χ1n) is 6.84. The van der Waals surface area contributed by atoms with Gasteiger partial charge in [0.15, 0.2) is 0 Å². The van der Waals surface area contributed by atoms with Crippen molar-refractivity contribution in [1.29, 1.82) is 0 Å². The SMILES string of the molecule is Clc1ccc2c(c1)Sc1ccc(Br)cc1N2c1ccccc1. The molecule has 4 heteroatoms. The molecule has 1 heterocycles. The van der Waals surface area contributed by atoms with Crippen LogP contribution in [0.3, 0.4) is 0 Å². The van der Waals surface area contributed by atoms with E-state index in [1.165, 1.54) is 15.5 Å². The first-order valence-corrected chi connectivity index (χ1v) is 8.83. The van der Waals surface area contributed by atoms with Gasteiger partial charge in [-0.2, -0.15) is 0 Å². The number of nitrogens with zero attached hydrogens (tertiary/aromatic N) is 1. The van der Waals surface area contributed by atoms with Crippen LogP contribution in [0.4, 0.5) is 17.1 Å². The Morgan fingerprint density at radius 3 is 2.45 bits per heavy atom. The number of rotatable bonds is 1. The average Bonchev–Trinajstić information content (AvgIpc) is 2.53. The molecule has 0 radical (unpaired) electrons. The van der Waals surface area contributed by atoms with E-state index in [4.69, 9.17) is 11.6 Å². The van der Waals surface area contributed by atoms with Crippen LogP contribution in [0, 0.1) is 0 Å². The minimum atomic E-state index is 0.764. The molecule has 0 bridgehead atoms. The number of anilines is 3. The molecule has 0 saturated heterocycles. The highest BCUT2D eigenvalue weighted by molar-refractivity contribution is 9.10. The fourth-order valence-electron chi connectivity index (χ4n) is 2.61. The highest BCUT2D eigenvalue weighted by atomic mass is 79.9. The van der Waals surface area contributed by atoms with Crippen molar-refractivity contribution in [3.8, 4) is 0 Å². The van der Waals surface area contributed by atoms with Crippen molar-refractivity contribution < 1.29 is 0 Å². The second kappa shape index (κ2) is 5.65. The zero-order valence-corrected chi connectivity index (χ0v) is 14.6. The van der Waals surface area contributed by atoms with Crippen LogP contribution in [0.25, 0.3) is 0 Å². The van der Waals surface area contributed by atoms with E-state index in [9.17, 15) is 0 Å². The third kappa shape index (κ3) is 2.43. The molecule has 1 nitrogen and oxygen atoms in total. The molecule has 0 atom stereocenters. The second-order valence-corrected chi connectivity index (χ2v) is 7.43. The molecule has 1 aliphatic heterocycles. The summed E-state index contributed by atoms with van der Waals surface area (Å²) in [4.78, 5) is 4.68. The van der Waals surface area contributed by atoms with E-state index in [0.29, 0.717) is 0 Å². The van der Waals surface area contributed by atoms with Crippen molar-refractivity contribution in [2.75, 3.05) is 4.90 Å². The highest BCUT2D eigenvalue weighted by Gasteiger charge is 2.25. The summed E-state index contributed by atoms with van der Waals surface area (Å²) in [7, 11) is 0. The summed E-state index contributed by atoms with van der Waals surface area (Å²) in [6.07, 6.45) is 0. The second-order valence-electron chi connectivity index (χ2n) is 5.00. The van der Waals surface area contributed by atoms with Crippen LogP contribution in [0.15, 0.2) is 81.0 Å². The molecule has 4 rings (SSSR count). The van der Waals surface area contributed by atoms with Crippen LogP contribution in [-0.4, -0.2) is 0 Å². The van der Waals surface area contributed by atoms with Crippen molar-refractivity contribution in [2.24, 2.45) is 0 Å². The van der Waals surface area contributed by atoms with E-state index in [-0.39, 0.29) is 0 Å². The third-order valence-electron chi connectivity index (χ3n) is 3.56. The first-order chi connectivity index (χ1) is 10.7. The number of benzene rings is 3. The number of halogens is 2. The van der Waals surface area contributed by atoms with Crippen LogP contribution in [-0.2, 0) is 0 Å². The Morgan fingerprint density at radius 2 is 1.64 bits per heavy atom. The quantitative estimate of drug-likeness (QED) is 0.344. The van der Waals surface area contributed by atoms with E-state index in [2.05, 4.69) is 69.4 Å². The fourth-order valence-corrected chi connectivity index (χ4v) is 4.27. The zero-order chi connectivity index (χ0) is 15.1. The Balaban J connectivity index is 1.98. The van der Waals surface area contributed by atoms with Crippen LogP contribution in [0.1, 0.15) is 0 Å². The molecule has 0 unspecified atom stereocenters. The van der Waals surface area contributed by atoms with Crippen molar-refractivity contribution >= 4 is 56.4 Å². The van der Waals surface area contributed by atoms with E-state index in [0.717, 1.165) is 20.9 Å². The van der Waals surface area contributed by atoms with Crippen molar-refractivity contribution in [3.05, 3.63) is 76.2 Å². The van der Waals surface area contributed by atoms with E-state index in [1.807, 2.05) is 18.2 Å². The molecule has 3 aromatic carbocycles. The molecule has 22 heavy (non-hydrogen) atoms. The molecule has 108 valence electrons. The summed E-state index contributed by atoms with van der Waals surface area (Å²) in [6.45, 7) is 0. The van der Waals surface area contributed by atoms with Gasteiger partial charge in [-0.3, -0.25) is 0 Å². The molecule has 0 spiro atoms. The van der Waals surface area contributed by atoms with Gasteiger partial charge in [0.05, 0.1) is 11.4 Å². The lowest BCUT2D eigenvalue weighted by atomic mass is 10.2. The molecule has 1 aliphatic rings. The summed E-state index contributed by atoms with van der Waals surface area (Å²) in [5.41, 5.74) is 3.48. The largest absolute Gasteiger partial charge is 0.308 e. The predicted octanol–water partition coefficient (Wildman–Crippen LogP) is 7.04. The molecular formula is C18H11BrClNS. The van der Waals surface area contributed by atoms with E-state index in [1.54, 1.807) is 11.8 Å². The number of para-hydroxylation sites is 1. The van der Waals surface area contributed by atoms with Crippen LogP contribution in [0.2, 0.25) is 5.02 Å². The predicted molar refractivity (Wildman–Crippen MR) is 98.0 cm³/mol. The molecule has 3 aromatic rings.